The largest absolute Gasteiger partial charge is 0.352 e. The molecule has 0 spiro atoms. The quantitative estimate of drug-likeness (QED) is 0.872. The fraction of sp³-hybridized carbons (Fsp3) is 0.250. The summed E-state index contributed by atoms with van der Waals surface area (Å²) in [6.07, 6.45) is 0. The summed E-state index contributed by atoms with van der Waals surface area (Å²) in [6, 6.07) is 7.66. The molecule has 0 aliphatic heterocycles. The van der Waals surface area contributed by atoms with Crippen molar-refractivity contribution in [1.82, 2.24) is 15.5 Å². The van der Waals surface area contributed by atoms with Crippen LogP contribution in [0.5, 0.6) is 0 Å². The zero-order valence-corrected chi connectivity index (χ0v) is 9.73. The summed E-state index contributed by atoms with van der Waals surface area (Å²) in [6.45, 7) is 3.78. The standard InChI is InChI=1S/C12H13N3O2/c1-8(16)13-7-10-3-5-11(6-4-10)12-14-9(2)17-15-12/h3-6H,7H2,1-2H3,(H,13,16). The van der Waals surface area contributed by atoms with Crippen LogP contribution in [0.3, 0.4) is 0 Å². The molecule has 88 valence electrons. The molecule has 17 heavy (non-hydrogen) atoms. The number of rotatable bonds is 3. The van der Waals surface area contributed by atoms with Gasteiger partial charge in [-0.2, -0.15) is 4.98 Å². The average molecular weight is 231 g/mol. The third kappa shape index (κ3) is 2.90. The van der Waals surface area contributed by atoms with Gasteiger partial charge in [0.15, 0.2) is 0 Å². The van der Waals surface area contributed by atoms with Crippen LogP contribution in [0, 0.1) is 6.92 Å². The Kier molecular flexibility index (Phi) is 3.18. The topological polar surface area (TPSA) is 68.0 Å². The van der Waals surface area contributed by atoms with Gasteiger partial charge in [0.05, 0.1) is 0 Å². The van der Waals surface area contributed by atoms with Crippen molar-refractivity contribution in [3.8, 4) is 11.4 Å². The normalized spacial score (nSPS) is 10.2. The fourth-order valence-electron chi connectivity index (χ4n) is 1.41. The van der Waals surface area contributed by atoms with Crippen molar-refractivity contribution < 1.29 is 9.32 Å². The van der Waals surface area contributed by atoms with Crippen LogP contribution in [0.1, 0.15) is 18.4 Å². The molecular weight excluding hydrogens is 218 g/mol. The zero-order chi connectivity index (χ0) is 12.3. The number of aryl methyl sites for hydroxylation is 1. The first kappa shape index (κ1) is 11.3. The number of nitrogens with zero attached hydrogens (tertiary/aromatic N) is 2. The summed E-state index contributed by atoms with van der Waals surface area (Å²) in [4.78, 5) is 14.9. The van der Waals surface area contributed by atoms with Crippen LogP contribution >= 0.6 is 0 Å². The van der Waals surface area contributed by atoms with Crippen molar-refractivity contribution in [3.05, 3.63) is 35.7 Å². The van der Waals surface area contributed by atoms with Crippen LogP contribution in [-0.2, 0) is 11.3 Å². The number of benzene rings is 1. The van der Waals surface area contributed by atoms with E-state index in [9.17, 15) is 4.79 Å². The van der Waals surface area contributed by atoms with Crippen LogP contribution < -0.4 is 5.32 Å². The monoisotopic (exact) mass is 231 g/mol. The van der Waals surface area contributed by atoms with E-state index in [2.05, 4.69) is 15.5 Å². The molecule has 0 unspecified atom stereocenters. The number of amides is 1. The van der Waals surface area contributed by atoms with Crippen LogP contribution in [0.25, 0.3) is 11.4 Å². The summed E-state index contributed by atoms with van der Waals surface area (Å²) in [5, 5.41) is 6.57. The third-order valence-electron chi connectivity index (χ3n) is 2.28. The summed E-state index contributed by atoms with van der Waals surface area (Å²) in [7, 11) is 0. The molecule has 1 aromatic carbocycles. The molecule has 0 saturated heterocycles. The van der Waals surface area contributed by atoms with E-state index in [1.807, 2.05) is 24.3 Å². The van der Waals surface area contributed by atoms with E-state index in [0.717, 1.165) is 11.1 Å². The molecule has 1 amide bonds. The van der Waals surface area contributed by atoms with Crippen molar-refractivity contribution in [2.75, 3.05) is 0 Å². The molecule has 0 saturated carbocycles. The minimum Gasteiger partial charge on any atom is -0.352 e. The number of hydrogen-bond acceptors (Lipinski definition) is 4. The molecule has 0 aliphatic rings. The molecule has 1 heterocycles. The van der Waals surface area contributed by atoms with Gasteiger partial charge >= 0.3 is 0 Å². The van der Waals surface area contributed by atoms with E-state index >= 15 is 0 Å². The van der Waals surface area contributed by atoms with E-state index in [4.69, 9.17) is 4.52 Å². The molecule has 2 rings (SSSR count). The maximum absolute atomic E-state index is 10.8. The molecule has 1 aromatic heterocycles. The molecule has 5 heteroatoms. The number of aromatic nitrogens is 2. The van der Waals surface area contributed by atoms with Crippen molar-refractivity contribution in [3.63, 3.8) is 0 Å². The van der Waals surface area contributed by atoms with E-state index < -0.39 is 0 Å². The predicted octanol–water partition coefficient (Wildman–Crippen LogP) is 1.68. The molecule has 1 N–H and O–H groups in total. The molecule has 0 fully saturated rings. The predicted molar refractivity (Wildman–Crippen MR) is 62.0 cm³/mol. The minimum atomic E-state index is -0.0390. The molecule has 5 nitrogen and oxygen atoms in total. The average Bonchev–Trinajstić information content (AvgIpc) is 2.74. The Bertz CT molecular complexity index is 517. The second kappa shape index (κ2) is 4.78. The maximum atomic E-state index is 10.8. The molecule has 0 atom stereocenters. The van der Waals surface area contributed by atoms with Gasteiger partial charge in [-0.1, -0.05) is 29.4 Å². The number of carbonyl (C=O) groups excluding carboxylic acids is 1. The number of carbonyl (C=O) groups is 1. The maximum Gasteiger partial charge on any atom is 0.223 e. The highest BCUT2D eigenvalue weighted by atomic mass is 16.5. The van der Waals surface area contributed by atoms with E-state index in [-0.39, 0.29) is 5.91 Å². The molecule has 0 bridgehead atoms. The van der Waals surface area contributed by atoms with E-state index in [1.165, 1.54) is 6.92 Å². The third-order valence-corrected chi connectivity index (χ3v) is 2.28. The highest BCUT2D eigenvalue weighted by Gasteiger charge is 2.05. The summed E-state index contributed by atoms with van der Waals surface area (Å²) in [5.41, 5.74) is 1.93. The lowest BCUT2D eigenvalue weighted by Gasteiger charge is -2.02. The second-order valence-corrected chi connectivity index (χ2v) is 3.74. The van der Waals surface area contributed by atoms with E-state index in [1.54, 1.807) is 6.92 Å². The Morgan fingerprint density at radius 1 is 1.35 bits per heavy atom. The van der Waals surface area contributed by atoms with Crippen LogP contribution in [0.4, 0.5) is 0 Å². The molecular formula is C12H13N3O2. The highest BCUT2D eigenvalue weighted by molar-refractivity contribution is 5.72. The second-order valence-electron chi connectivity index (χ2n) is 3.74. The van der Waals surface area contributed by atoms with Crippen molar-refractivity contribution in [1.29, 1.82) is 0 Å². The van der Waals surface area contributed by atoms with Crippen LogP contribution in [0.2, 0.25) is 0 Å². The van der Waals surface area contributed by atoms with Gasteiger partial charge in [0.1, 0.15) is 0 Å². The Labute approximate surface area is 98.8 Å². The van der Waals surface area contributed by atoms with Gasteiger partial charge in [0.2, 0.25) is 17.6 Å². The number of hydrogen-bond donors (Lipinski definition) is 1. The summed E-state index contributed by atoms with van der Waals surface area (Å²) < 4.78 is 4.91. The number of nitrogens with one attached hydrogen (secondary N) is 1. The van der Waals surface area contributed by atoms with Gasteiger partial charge in [0.25, 0.3) is 0 Å². The lowest BCUT2D eigenvalue weighted by molar-refractivity contribution is -0.119. The van der Waals surface area contributed by atoms with Gasteiger partial charge < -0.3 is 9.84 Å². The first-order valence-electron chi connectivity index (χ1n) is 5.29. The summed E-state index contributed by atoms with van der Waals surface area (Å²) in [5.74, 6) is 1.08. The van der Waals surface area contributed by atoms with Gasteiger partial charge in [-0.25, -0.2) is 0 Å². The Hall–Kier alpha value is -2.17. The smallest absolute Gasteiger partial charge is 0.223 e. The van der Waals surface area contributed by atoms with Gasteiger partial charge in [-0.15, -0.1) is 0 Å². The van der Waals surface area contributed by atoms with Crippen molar-refractivity contribution >= 4 is 5.91 Å². The molecule has 0 aliphatic carbocycles. The van der Waals surface area contributed by atoms with Gasteiger partial charge in [0, 0.05) is 26.0 Å². The Morgan fingerprint density at radius 3 is 2.59 bits per heavy atom. The first-order valence-corrected chi connectivity index (χ1v) is 5.29. The lowest BCUT2D eigenvalue weighted by Crippen LogP contribution is -2.18. The highest BCUT2D eigenvalue weighted by Crippen LogP contribution is 2.16. The van der Waals surface area contributed by atoms with Crippen LogP contribution in [-0.4, -0.2) is 16.0 Å². The Morgan fingerprint density at radius 2 is 2.06 bits per heavy atom. The zero-order valence-electron chi connectivity index (χ0n) is 9.73. The van der Waals surface area contributed by atoms with E-state index in [0.29, 0.717) is 18.3 Å². The van der Waals surface area contributed by atoms with Crippen LogP contribution in [0.15, 0.2) is 28.8 Å². The first-order chi connectivity index (χ1) is 8.15. The van der Waals surface area contributed by atoms with Crippen molar-refractivity contribution in [2.24, 2.45) is 0 Å². The van der Waals surface area contributed by atoms with Gasteiger partial charge in [-0.05, 0) is 5.56 Å². The molecule has 0 radical (unpaired) electrons. The van der Waals surface area contributed by atoms with Crippen molar-refractivity contribution in [2.45, 2.75) is 20.4 Å². The SMILES string of the molecule is CC(=O)NCc1ccc(-c2noc(C)n2)cc1. The fourth-order valence-corrected chi connectivity index (χ4v) is 1.41. The summed E-state index contributed by atoms with van der Waals surface area (Å²) >= 11 is 0. The minimum absolute atomic E-state index is 0.0390. The lowest BCUT2D eigenvalue weighted by atomic mass is 10.1. The molecule has 2 aromatic rings. The Balaban J connectivity index is 2.10. The van der Waals surface area contributed by atoms with Gasteiger partial charge in [-0.3, -0.25) is 4.79 Å².